The number of carbonyl (C=O) groups is 1. The first-order chi connectivity index (χ1) is 8.36. The van der Waals surface area contributed by atoms with E-state index < -0.39 is 28.1 Å². The molecular weight excluding hydrogens is 256 g/mol. The summed E-state index contributed by atoms with van der Waals surface area (Å²) in [7, 11) is -2.01. The first kappa shape index (κ1) is 15.1. The lowest BCUT2D eigenvalue weighted by Crippen LogP contribution is -2.43. The first-order valence-corrected chi connectivity index (χ1v) is 7.45. The van der Waals surface area contributed by atoms with Crippen LogP contribution in [-0.4, -0.2) is 43.4 Å². The molecule has 104 valence electrons. The Bertz CT molecular complexity index is 419. The SMILES string of the molecule is CCCCN(C)S(=O)(=O)NC1C=CC(C(=O)O)C1. The summed E-state index contributed by atoms with van der Waals surface area (Å²) in [6, 6.07) is -0.430. The maximum absolute atomic E-state index is 11.9. The second-order valence-corrected chi connectivity index (χ2v) is 6.28. The van der Waals surface area contributed by atoms with Gasteiger partial charge in [-0.05, 0) is 12.8 Å². The van der Waals surface area contributed by atoms with E-state index in [1.807, 2.05) is 6.92 Å². The minimum Gasteiger partial charge on any atom is -0.481 e. The Labute approximate surface area is 108 Å². The van der Waals surface area contributed by atoms with Crippen molar-refractivity contribution in [3.8, 4) is 0 Å². The van der Waals surface area contributed by atoms with Gasteiger partial charge in [0.25, 0.3) is 10.2 Å². The lowest BCUT2D eigenvalue weighted by Gasteiger charge is -2.20. The minimum atomic E-state index is -3.53. The van der Waals surface area contributed by atoms with Gasteiger partial charge in [0.15, 0.2) is 0 Å². The number of carboxylic acids is 1. The molecule has 2 atom stereocenters. The van der Waals surface area contributed by atoms with Crippen molar-refractivity contribution in [3.63, 3.8) is 0 Å². The van der Waals surface area contributed by atoms with E-state index in [0.717, 1.165) is 12.8 Å². The van der Waals surface area contributed by atoms with E-state index >= 15 is 0 Å². The highest BCUT2D eigenvalue weighted by atomic mass is 32.2. The van der Waals surface area contributed by atoms with Crippen LogP contribution in [0.25, 0.3) is 0 Å². The van der Waals surface area contributed by atoms with Crippen molar-refractivity contribution in [2.24, 2.45) is 5.92 Å². The van der Waals surface area contributed by atoms with E-state index in [1.54, 1.807) is 6.08 Å². The quantitative estimate of drug-likeness (QED) is 0.666. The maximum Gasteiger partial charge on any atom is 0.310 e. The minimum absolute atomic E-state index is 0.274. The number of hydrogen-bond donors (Lipinski definition) is 2. The highest BCUT2D eigenvalue weighted by Gasteiger charge is 2.28. The monoisotopic (exact) mass is 276 g/mol. The van der Waals surface area contributed by atoms with E-state index in [1.165, 1.54) is 17.4 Å². The van der Waals surface area contributed by atoms with Gasteiger partial charge in [0.1, 0.15) is 0 Å². The van der Waals surface area contributed by atoms with Crippen molar-refractivity contribution in [1.82, 2.24) is 9.03 Å². The molecule has 0 heterocycles. The molecule has 0 saturated heterocycles. The van der Waals surface area contributed by atoms with Crippen molar-refractivity contribution in [2.45, 2.75) is 32.2 Å². The summed E-state index contributed by atoms with van der Waals surface area (Å²) < 4.78 is 27.6. The first-order valence-electron chi connectivity index (χ1n) is 6.01. The summed E-state index contributed by atoms with van der Waals surface area (Å²) in [6.07, 6.45) is 5.13. The zero-order valence-electron chi connectivity index (χ0n) is 10.7. The molecule has 6 nitrogen and oxygen atoms in total. The zero-order valence-corrected chi connectivity index (χ0v) is 11.5. The Balaban J connectivity index is 2.52. The third-order valence-electron chi connectivity index (χ3n) is 2.94. The van der Waals surface area contributed by atoms with Gasteiger partial charge in [0.2, 0.25) is 0 Å². The van der Waals surface area contributed by atoms with Crippen LogP contribution in [0.1, 0.15) is 26.2 Å². The van der Waals surface area contributed by atoms with Gasteiger partial charge in [-0.15, -0.1) is 0 Å². The summed E-state index contributed by atoms with van der Waals surface area (Å²) in [6.45, 7) is 2.45. The van der Waals surface area contributed by atoms with Gasteiger partial charge in [0.05, 0.1) is 5.92 Å². The molecule has 0 saturated carbocycles. The summed E-state index contributed by atoms with van der Waals surface area (Å²) in [4.78, 5) is 10.7. The van der Waals surface area contributed by atoms with E-state index in [4.69, 9.17) is 5.11 Å². The molecule has 0 fully saturated rings. The molecule has 18 heavy (non-hydrogen) atoms. The van der Waals surface area contributed by atoms with Gasteiger partial charge in [-0.3, -0.25) is 4.79 Å². The number of aliphatic carboxylic acids is 1. The lowest BCUT2D eigenvalue weighted by atomic mass is 10.1. The Morgan fingerprint density at radius 2 is 2.17 bits per heavy atom. The molecule has 0 aliphatic heterocycles. The highest BCUT2D eigenvalue weighted by Crippen LogP contribution is 2.18. The summed E-state index contributed by atoms with van der Waals surface area (Å²) in [5.41, 5.74) is 0. The maximum atomic E-state index is 11.9. The number of carboxylic acid groups (broad SMARTS) is 1. The number of unbranched alkanes of at least 4 members (excludes halogenated alkanes) is 1. The molecule has 0 aromatic heterocycles. The molecule has 0 bridgehead atoms. The predicted octanol–water partition coefficient (Wildman–Crippen LogP) is 0.582. The Morgan fingerprint density at radius 1 is 1.50 bits per heavy atom. The average molecular weight is 276 g/mol. The molecule has 2 unspecified atom stereocenters. The standard InChI is InChI=1S/C11H20N2O4S/c1-3-4-7-13(2)18(16,17)12-10-6-5-9(8-10)11(14)15/h5-6,9-10,12H,3-4,7-8H2,1-2H3,(H,14,15). The van der Waals surface area contributed by atoms with Gasteiger partial charge >= 0.3 is 5.97 Å². The number of nitrogens with one attached hydrogen (secondary N) is 1. The molecule has 1 aliphatic rings. The molecule has 0 spiro atoms. The topological polar surface area (TPSA) is 86.7 Å². The van der Waals surface area contributed by atoms with Crippen LogP contribution in [0.4, 0.5) is 0 Å². The molecule has 2 N–H and O–H groups in total. The highest BCUT2D eigenvalue weighted by molar-refractivity contribution is 7.87. The van der Waals surface area contributed by atoms with Gasteiger partial charge in [0, 0.05) is 19.6 Å². The normalized spacial score (nSPS) is 23.7. The van der Waals surface area contributed by atoms with Gasteiger partial charge in [-0.1, -0.05) is 25.5 Å². The van der Waals surface area contributed by atoms with Crippen LogP contribution < -0.4 is 4.72 Å². The van der Waals surface area contributed by atoms with Crippen molar-refractivity contribution in [2.75, 3.05) is 13.6 Å². The Morgan fingerprint density at radius 3 is 2.67 bits per heavy atom. The Hall–Kier alpha value is -0.920. The second-order valence-electron chi connectivity index (χ2n) is 4.47. The second kappa shape index (κ2) is 6.31. The average Bonchev–Trinajstić information content (AvgIpc) is 2.73. The molecule has 0 aromatic carbocycles. The summed E-state index contributed by atoms with van der Waals surface area (Å²) in [5, 5.41) is 8.82. The molecule has 7 heteroatoms. The zero-order chi connectivity index (χ0) is 13.8. The smallest absolute Gasteiger partial charge is 0.310 e. The molecule has 0 aromatic rings. The summed E-state index contributed by atoms with van der Waals surface area (Å²) >= 11 is 0. The molecule has 0 radical (unpaired) electrons. The van der Waals surface area contributed by atoms with Gasteiger partial charge < -0.3 is 5.11 Å². The van der Waals surface area contributed by atoms with Crippen LogP contribution in [0.3, 0.4) is 0 Å². The molecular formula is C11H20N2O4S. The van der Waals surface area contributed by atoms with Crippen LogP contribution >= 0.6 is 0 Å². The van der Waals surface area contributed by atoms with E-state index in [2.05, 4.69) is 4.72 Å². The van der Waals surface area contributed by atoms with Crippen molar-refractivity contribution in [3.05, 3.63) is 12.2 Å². The summed E-state index contributed by atoms with van der Waals surface area (Å²) in [5.74, 6) is -1.52. The van der Waals surface area contributed by atoms with E-state index in [0.29, 0.717) is 6.54 Å². The largest absolute Gasteiger partial charge is 0.481 e. The fraction of sp³-hybridized carbons (Fsp3) is 0.727. The molecule has 1 rings (SSSR count). The fourth-order valence-electron chi connectivity index (χ4n) is 1.75. The van der Waals surface area contributed by atoms with Crippen molar-refractivity contribution >= 4 is 16.2 Å². The Kier molecular flexibility index (Phi) is 5.30. The number of nitrogens with zero attached hydrogens (tertiary/aromatic N) is 1. The number of rotatable bonds is 7. The lowest BCUT2D eigenvalue weighted by molar-refractivity contribution is -0.140. The third-order valence-corrected chi connectivity index (χ3v) is 4.54. The fourth-order valence-corrected chi connectivity index (χ4v) is 2.86. The molecule has 0 amide bonds. The van der Waals surface area contributed by atoms with Gasteiger partial charge in [-0.2, -0.15) is 17.4 Å². The number of hydrogen-bond acceptors (Lipinski definition) is 3. The van der Waals surface area contributed by atoms with Crippen molar-refractivity contribution < 1.29 is 18.3 Å². The van der Waals surface area contributed by atoms with E-state index in [9.17, 15) is 13.2 Å². The van der Waals surface area contributed by atoms with Crippen LogP contribution in [0.2, 0.25) is 0 Å². The van der Waals surface area contributed by atoms with Crippen molar-refractivity contribution in [1.29, 1.82) is 0 Å². The molecule has 1 aliphatic carbocycles. The van der Waals surface area contributed by atoms with E-state index in [-0.39, 0.29) is 6.42 Å². The third kappa shape index (κ3) is 4.08. The van der Waals surface area contributed by atoms with Crippen LogP contribution in [0.15, 0.2) is 12.2 Å². The van der Waals surface area contributed by atoms with Crippen LogP contribution in [-0.2, 0) is 15.0 Å². The van der Waals surface area contributed by atoms with Gasteiger partial charge in [-0.25, -0.2) is 0 Å². The van der Waals surface area contributed by atoms with Crippen LogP contribution in [0, 0.1) is 5.92 Å². The van der Waals surface area contributed by atoms with Crippen LogP contribution in [0.5, 0.6) is 0 Å². The predicted molar refractivity (Wildman–Crippen MR) is 68.3 cm³/mol.